The minimum atomic E-state index is -0.726. The van der Waals surface area contributed by atoms with E-state index in [1.165, 1.54) is 7.11 Å². The zero-order valence-electron chi connectivity index (χ0n) is 14.6. The normalized spacial score (nSPS) is 11.5. The van der Waals surface area contributed by atoms with Crippen molar-refractivity contribution in [3.8, 4) is 5.75 Å². The Balaban J connectivity index is 1.87. The highest BCUT2D eigenvalue weighted by Gasteiger charge is 2.19. The van der Waals surface area contributed by atoms with Gasteiger partial charge in [-0.2, -0.15) is 0 Å². The Hall–Kier alpha value is -2.57. The monoisotopic (exact) mass is 376 g/mol. The quantitative estimate of drug-likeness (QED) is 0.728. The first-order chi connectivity index (χ1) is 12.5. The summed E-state index contributed by atoms with van der Waals surface area (Å²) in [6.45, 7) is 0.383. The average molecular weight is 377 g/mol. The van der Waals surface area contributed by atoms with E-state index >= 15 is 0 Å². The summed E-state index contributed by atoms with van der Waals surface area (Å²) < 4.78 is 10.7. The second-order valence-corrected chi connectivity index (χ2v) is 5.92. The third kappa shape index (κ3) is 5.47. The van der Waals surface area contributed by atoms with E-state index in [0.29, 0.717) is 10.8 Å². The van der Waals surface area contributed by atoms with Gasteiger partial charge in [-0.05, 0) is 23.8 Å². The van der Waals surface area contributed by atoms with Crippen LogP contribution in [0.2, 0.25) is 5.02 Å². The van der Waals surface area contributed by atoms with Crippen molar-refractivity contribution in [2.24, 2.45) is 0 Å². The molecule has 0 saturated heterocycles. The molecule has 138 valence electrons. The van der Waals surface area contributed by atoms with Gasteiger partial charge in [-0.3, -0.25) is 9.59 Å². The minimum Gasteiger partial charge on any atom is -0.496 e. The fraction of sp³-hybridized carbons (Fsp3) is 0.263. The molecule has 0 radical (unpaired) electrons. The summed E-state index contributed by atoms with van der Waals surface area (Å²) in [4.78, 5) is 23.9. The summed E-state index contributed by atoms with van der Waals surface area (Å²) in [6, 6.07) is 14.4. The number of methoxy groups -OCH3 is 2. The lowest BCUT2D eigenvalue weighted by Crippen LogP contribution is -2.41. The van der Waals surface area contributed by atoms with Gasteiger partial charge >= 0.3 is 11.8 Å². The highest BCUT2D eigenvalue weighted by atomic mass is 35.5. The highest BCUT2D eigenvalue weighted by molar-refractivity contribution is 6.35. The molecular weight excluding hydrogens is 356 g/mol. The van der Waals surface area contributed by atoms with Crippen LogP contribution in [-0.2, 0) is 20.9 Å². The number of rotatable bonds is 7. The first kappa shape index (κ1) is 19.8. The Bertz CT molecular complexity index is 749. The number of halogens is 1. The molecule has 0 heterocycles. The molecule has 0 aromatic heterocycles. The summed E-state index contributed by atoms with van der Waals surface area (Å²) in [5.41, 5.74) is 1.64. The van der Waals surface area contributed by atoms with Gasteiger partial charge in [-0.25, -0.2) is 0 Å². The van der Waals surface area contributed by atoms with Crippen LogP contribution in [0.15, 0.2) is 48.5 Å². The molecule has 2 N–H and O–H groups in total. The van der Waals surface area contributed by atoms with E-state index in [4.69, 9.17) is 21.1 Å². The maximum atomic E-state index is 12.0. The fourth-order valence-corrected chi connectivity index (χ4v) is 2.51. The predicted octanol–water partition coefficient (Wildman–Crippen LogP) is 2.47. The van der Waals surface area contributed by atoms with Crippen molar-refractivity contribution in [1.29, 1.82) is 0 Å². The first-order valence-electron chi connectivity index (χ1n) is 8.01. The summed E-state index contributed by atoms with van der Waals surface area (Å²) in [7, 11) is 3.10. The molecule has 0 fully saturated rings. The number of amides is 2. The fourth-order valence-electron chi connectivity index (χ4n) is 2.38. The van der Waals surface area contributed by atoms with Crippen molar-refractivity contribution in [3.63, 3.8) is 0 Å². The summed E-state index contributed by atoms with van der Waals surface area (Å²) in [6.07, 6.45) is -0.431. The zero-order chi connectivity index (χ0) is 18.9. The largest absolute Gasteiger partial charge is 0.496 e. The van der Waals surface area contributed by atoms with Crippen LogP contribution in [0.4, 0.5) is 0 Å². The smallest absolute Gasteiger partial charge is 0.309 e. The van der Waals surface area contributed by atoms with E-state index in [-0.39, 0.29) is 13.1 Å². The second-order valence-electron chi connectivity index (χ2n) is 5.49. The van der Waals surface area contributed by atoms with Crippen LogP contribution in [0, 0.1) is 0 Å². The lowest BCUT2D eigenvalue weighted by atomic mass is 10.1. The molecule has 2 amide bonds. The number of carbonyl (C=O) groups excluding carboxylic acids is 2. The lowest BCUT2D eigenvalue weighted by Gasteiger charge is -2.18. The van der Waals surface area contributed by atoms with Gasteiger partial charge in [0.05, 0.1) is 7.11 Å². The molecule has 2 aromatic rings. The molecule has 0 aliphatic carbocycles. The topological polar surface area (TPSA) is 76.7 Å². The predicted molar refractivity (Wildman–Crippen MR) is 99.1 cm³/mol. The van der Waals surface area contributed by atoms with Gasteiger partial charge in [0.25, 0.3) is 0 Å². The molecule has 1 unspecified atom stereocenters. The van der Waals surface area contributed by atoms with E-state index in [1.54, 1.807) is 31.4 Å². The molecule has 0 aliphatic rings. The van der Waals surface area contributed by atoms with E-state index in [1.807, 2.05) is 24.3 Å². The second kappa shape index (κ2) is 9.79. The first-order valence-corrected chi connectivity index (χ1v) is 8.39. The van der Waals surface area contributed by atoms with Crippen molar-refractivity contribution in [2.45, 2.75) is 12.6 Å². The highest BCUT2D eigenvalue weighted by Crippen LogP contribution is 2.26. The van der Waals surface area contributed by atoms with E-state index in [0.717, 1.165) is 11.1 Å². The number of nitrogens with one attached hydrogen (secondary N) is 2. The third-order valence-electron chi connectivity index (χ3n) is 3.79. The average Bonchev–Trinajstić information content (AvgIpc) is 2.67. The number of hydrogen-bond acceptors (Lipinski definition) is 4. The minimum absolute atomic E-state index is 0.143. The number of carbonyl (C=O) groups is 2. The summed E-state index contributed by atoms with van der Waals surface area (Å²) >= 11 is 5.81. The Kier molecular flexibility index (Phi) is 7.44. The molecule has 0 bridgehead atoms. The van der Waals surface area contributed by atoms with E-state index in [9.17, 15) is 9.59 Å². The van der Waals surface area contributed by atoms with Crippen LogP contribution in [0.25, 0.3) is 0 Å². The Morgan fingerprint density at radius 2 is 1.65 bits per heavy atom. The van der Waals surface area contributed by atoms with Gasteiger partial charge in [0.1, 0.15) is 11.9 Å². The van der Waals surface area contributed by atoms with Crippen molar-refractivity contribution in [2.75, 3.05) is 20.8 Å². The Morgan fingerprint density at radius 3 is 2.31 bits per heavy atom. The summed E-state index contributed by atoms with van der Waals surface area (Å²) in [5, 5.41) is 5.75. The van der Waals surface area contributed by atoms with Gasteiger partial charge in [0, 0.05) is 30.8 Å². The number of para-hydroxylation sites is 1. The number of benzene rings is 2. The molecule has 2 rings (SSSR count). The lowest BCUT2D eigenvalue weighted by molar-refractivity contribution is -0.139. The van der Waals surface area contributed by atoms with E-state index < -0.39 is 17.9 Å². The molecule has 0 spiro atoms. The van der Waals surface area contributed by atoms with Gasteiger partial charge in [0.15, 0.2) is 0 Å². The van der Waals surface area contributed by atoms with Gasteiger partial charge in [0.2, 0.25) is 0 Å². The molecule has 0 saturated carbocycles. The number of ether oxygens (including phenoxy) is 2. The third-order valence-corrected chi connectivity index (χ3v) is 4.04. The van der Waals surface area contributed by atoms with Gasteiger partial charge in [-0.1, -0.05) is 41.9 Å². The van der Waals surface area contributed by atoms with Crippen LogP contribution in [0.3, 0.4) is 0 Å². The Labute approximate surface area is 157 Å². The van der Waals surface area contributed by atoms with Crippen molar-refractivity contribution >= 4 is 23.4 Å². The maximum absolute atomic E-state index is 12.0. The molecular formula is C19H21ClN2O4. The zero-order valence-corrected chi connectivity index (χ0v) is 15.4. The van der Waals surface area contributed by atoms with Crippen molar-refractivity contribution in [3.05, 3.63) is 64.7 Å². The van der Waals surface area contributed by atoms with Gasteiger partial charge in [-0.15, -0.1) is 0 Å². The molecule has 7 heteroatoms. The van der Waals surface area contributed by atoms with Gasteiger partial charge < -0.3 is 20.1 Å². The van der Waals surface area contributed by atoms with Crippen LogP contribution in [0.1, 0.15) is 17.2 Å². The molecule has 26 heavy (non-hydrogen) atoms. The molecule has 0 aliphatic heterocycles. The van der Waals surface area contributed by atoms with E-state index in [2.05, 4.69) is 10.6 Å². The van der Waals surface area contributed by atoms with Crippen molar-refractivity contribution < 1.29 is 19.1 Å². The summed E-state index contributed by atoms with van der Waals surface area (Å²) in [5.74, 6) is -0.786. The van der Waals surface area contributed by atoms with Crippen LogP contribution in [0.5, 0.6) is 5.75 Å². The molecule has 1 atom stereocenters. The van der Waals surface area contributed by atoms with Crippen LogP contribution in [-0.4, -0.2) is 32.6 Å². The van der Waals surface area contributed by atoms with Crippen LogP contribution < -0.4 is 15.4 Å². The Morgan fingerprint density at radius 1 is 1.00 bits per heavy atom. The molecule has 2 aromatic carbocycles. The standard InChI is InChI=1S/C19H21ClN2O4/c1-25-16-6-4-3-5-15(16)17(26-2)12-22-19(24)18(23)21-11-13-7-9-14(20)10-8-13/h3-10,17H,11-12H2,1-2H3,(H,21,23)(H,22,24). The number of hydrogen-bond donors (Lipinski definition) is 2. The SMILES string of the molecule is COc1ccccc1C(CNC(=O)C(=O)NCc1ccc(Cl)cc1)OC. The van der Waals surface area contributed by atoms with Crippen LogP contribution >= 0.6 is 11.6 Å². The van der Waals surface area contributed by atoms with Crippen molar-refractivity contribution in [1.82, 2.24) is 10.6 Å². The molecule has 6 nitrogen and oxygen atoms in total. The maximum Gasteiger partial charge on any atom is 0.309 e.